The quantitative estimate of drug-likeness (QED) is 0.811. The largest absolute Gasteiger partial charge is 0.465 e. The highest BCUT2D eigenvalue weighted by Crippen LogP contribution is 2.18. The Morgan fingerprint density at radius 2 is 1.95 bits per heavy atom. The predicted octanol–water partition coefficient (Wildman–Crippen LogP) is 1.70. The maximum atomic E-state index is 11.9. The maximum Gasteiger partial charge on any atom is 0.337 e. The van der Waals surface area contributed by atoms with Gasteiger partial charge in [-0.2, -0.15) is 0 Å². The molecule has 0 aliphatic rings. The summed E-state index contributed by atoms with van der Waals surface area (Å²) in [6.45, 7) is 5.60. The summed E-state index contributed by atoms with van der Waals surface area (Å²) in [5, 5.41) is 2.74. The molecule has 1 amide bonds. The van der Waals surface area contributed by atoms with E-state index in [2.05, 4.69) is 10.1 Å². The molecule has 1 aromatic rings. The van der Waals surface area contributed by atoms with Crippen molar-refractivity contribution in [3.8, 4) is 0 Å². The van der Waals surface area contributed by atoms with Crippen LogP contribution in [0.15, 0.2) is 18.2 Å². The van der Waals surface area contributed by atoms with Gasteiger partial charge in [-0.25, -0.2) is 4.79 Å². The molecule has 0 aromatic heterocycles. The third-order valence-electron chi connectivity index (χ3n) is 2.94. The number of carbonyl (C=O) groups is 2. The van der Waals surface area contributed by atoms with E-state index in [1.807, 2.05) is 20.8 Å². The molecule has 0 radical (unpaired) electrons. The van der Waals surface area contributed by atoms with Gasteiger partial charge in [0, 0.05) is 5.69 Å². The van der Waals surface area contributed by atoms with Crippen LogP contribution in [0.3, 0.4) is 0 Å². The molecule has 1 atom stereocenters. The van der Waals surface area contributed by atoms with Crippen LogP contribution in [0.5, 0.6) is 0 Å². The number of nitrogens with one attached hydrogen (secondary N) is 1. The summed E-state index contributed by atoms with van der Waals surface area (Å²) in [6, 6.07) is 4.41. The van der Waals surface area contributed by atoms with Crippen LogP contribution < -0.4 is 11.1 Å². The van der Waals surface area contributed by atoms with E-state index >= 15 is 0 Å². The molecule has 0 saturated carbocycles. The standard InChI is InChI=1S/C14H20N2O3/c1-8(2)12(15)13(17)16-11-7-10(14(18)19-4)6-5-9(11)3/h5-8,12H,15H2,1-4H3,(H,16,17)/t12-/m0/s1. The van der Waals surface area contributed by atoms with Crippen LogP contribution in [0, 0.1) is 12.8 Å². The van der Waals surface area contributed by atoms with Gasteiger partial charge in [0.1, 0.15) is 0 Å². The summed E-state index contributed by atoms with van der Waals surface area (Å²) in [5.74, 6) is -0.659. The van der Waals surface area contributed by atoms with Gasteiger partial charge >= 0.3 is 5.97 Å². The Labute approximate surface area is 113 Å². The second-order valence-corrected chi connectivity index (χ2v) is 4.78. The smallest absolute Gasteiger partial charge is 0.337 e. The van der Waals surface area contributed by atoms with Gasteiger partial charge in [0.15, 0.2) is 0 Å². The molecular weight excluding hydrogens is 244 g/mol. The Kier molecular flexibility index (Phi) is 5.06. The monoisotopic (exact) mass is 264 g/mol. The Morgan fingerprint density at radius 1 is 1.32 bits per heavy atom. The van der Waals surface area contributed by atoms with Crippen molar-refractivity contribution in [2.24, 2.45) is 11.7 Å². The number of anilines is 1. The van der Waals surface area contributed by atoms with Crippen LogP contribution in [-0.4, -0.2) is 25.0 Å². The summed E-state index contributed by atoms with van der Waals surface area (Å²) in [4.78, 5) is 23.3. The van der Waals surface area contributed by atoms with Gasteiger partial charge in [-0.1, -0.05) is 19.9 Å². The van der Waals surface area contributed by atoms with Crippen LogP contribution in [0.1, 0.15) is 29.8 Å². The minimum absolute atomic E-state index is 0.0455. The number of rotatable bonds is 4. The summed E-state index contributed by atoms with van der Waals surface area (Å²) in [7, 11) is 1.31. The molecular formula is C14H20N2O3. The van der Waals surface area contributed by atoms with E-state index < -0.39 is 12.0 Å². The highest BCUT2D eigenvalue weighted by Gasteiger charge is 2.18. The van der Waals surface area contributed by atoms with Crippen LogP contribution in [-0.2, 0) is 9.53 Å². The number of benzene rings is 1. The number of carbonyl (C=O) groups excluding carboxylic acids is 2. The fraction of sp³-hybridized carbons (Fsp3) is 0.429. The lowest BCUT2D eigenvalue weighted by Gasteiger charge is -2.16. The normalized spacial score (nSPS) is 12.1. The first-order chi connectivity index (χ1) is 8.86. The van der Waals surface area contributed by atoms with Crippen molar-refractivity contribution >= 4 is 17.6 Å². The van der Waals surface area contributed by atoms with Crippen LogP contribution >= 0.6 is 0 Å². The first kappa shape index (κ1) is 15.2. The van der Waals surface area contributed by atoms with E-state index in [0.29, 0.717) is 11.3 Å². The van der Waals surface area contributed by atoms with Gasteiger partial charge in [0.05, 0.1) is 18.7 Å². The van der Waals surface area contributed by atoms with E-state index in [1.54, 1.807) is 18.2 Å². The maximum absolute atomic E-state index is 11.9. The fourth-order valence-corrected chi connectivity index (χ4v) is 1.52. The number of nitrogens with two attached hydrogens (primary N) is 1. The van der Waals surface area contributed by atoms with Gasteiger partial charge < -0.3 is 15.8 Å². The summed E-state index contributed by atoms with van der Waals surface area (Å²) in [6.07, 6.45) is 0. The molecule has 0 fully saturated rings. The van der Waals surface area contributed by atoms with Gasteiger partial charge in [-0.05, 0) is 30.5 Å². The number of ether oxygens (including phenoxy) is 1. The van der Waals surface area contributed by atoms with Gasteiger partial charge in [0.2, 0.25) is 5.91 Å². The van der Waals surface area contributed by atoms with Crippen LogP contribution in [0.25, 0.3) is 0 Å². The zero-order valence-electron chi connectivity index (χ0n) is 11.7. The molecule has 3 N–H and O–H groups in total. The molecule has 0 unspecified atom stereocenters. The summed E-state index contributed by atoms with van der Waals surface area (Å²) >= 11 is 0. The molecule has 104 valence electrons. The molecule has 0 aliphatic carbocycles. The second kappa shape index (κ2) is 6.33. The first-order valence-corrected chi connectivity index (χ1v) is 6.12. The molecule has 0 bridgehead atoms. The Hall–Kier alpha value is -1.88. The summed E-state index contributed by atoms with van der Waals surface area (Å²) in [5.41, 5.74) is 7.60. The number of methoxy groups -OCH3 is 1. The molecule has 19 heavy (non-hydrogen) atoms. The van der Waals surface area contributed by atoms with Gasteiger partial charge in [0.25, 0.3) is 0 Å². The Morgan fingerprint density at radius 3 is 2.47 bits per heavy atom. The second-order valence-electron chi connectivity index (χ2n) is 4.78. The van der Waals surface area contributed by atoms with Crippen LogP contribution in [0.2, 0.25) is 0 Å². The van der Waals surface area contributed by atoms with Crippen LogP contribution in [0.4, 0.5) is 5.69 Å². The minimum atomic E-state index is -0.582. The lowest BCUT2D eigenvalue weighted by molar-refractivity contribution is -0.118. The van der Waals surface area contributed by atoms with Crippen molar-refractivity contribution in [2.45, 2.75) is 26.8 Å². The Balaban J connectivity index is 2.94. The molecule has 0 saturated heterocycles. The highest BCUT2D eigenvalue weighted by molar-refractivity contribution is 5.97. The number of esters is 1. The molecule has 0 aliphatic heterocycles. The molecule has 1 rings (SSSR count). The van der Waals surface area contributed by atoms with E-state index in [0.717, 1.165) is 5.56 Å². The van der Waals surface area contributed by atoms with E-state index in [1.165, 1.54) is 7.11 Å². The number of aryl methyl sites for hydroxylation is 1. The van der Waals surface area contributed by atoms with Crippen molar-refractivity contribution in [1.29, 1.82) is 0 Å². The third-order valence-corrected chi connectivity index (χ3v) is 2.94. The zero-order valence-corrected chi connectivity index (χ0v) is 11.7. The van der Waals surface area contributed by atoms with Crippen molar-refractivity contribution < 1.29 is 14.3 Å². The van der Waals surface area contributed by atoms with Crippen molar-refractivity contribution in [2.75, 3.05) is 12.4 Å². The average Bonchev–Trinajstić information content (AvgIpc) is 2.39. The Bertz CT molecular complexity index is 484. The molecule has 5 nitrogen and oxygen atoms in total. The molecule has 5 heteroatoms. The average molecular weight is 264 g/mol. The van der Waals surface area contributed by atoms with E-state index in [9.17, 15) is 9.59 Å². The molecule has 1 aromatic carbocycles. The number of hydrogen-bond donors (Lipinski definition) is 2. The predicted molar refractivity (Wildman–Crippen MR) is 74.0 cm³/mol. The topological polar surface area (TPSA) is 81.4 Å². The van der Waals surface area contributed by atoms with Gasteiger partial charge in [-0.3, -0.25) is 4.79 Å². The highest BCUT2D eigenvalue weighted by atomic mass is 16.5. The minimum Gasteiger partial charge on any atom is -0.465 e. The fourth-order valence-electron chi connectivity index (χ4n) is 1.52. The lowest BCUT2D eigenvalue weighted by Crippen LogP contribution is -2.39. The number of hydrogen-bond acceptors (Lipinski definition) is 4. The van der Waals surface area contributed by atoms with E-state index in [4.69, 9.17) is 5.73 Å². The van der Waals surface area contributed by atoms with Gasteiger partial charge in [-0.15, -0.1) is 0 Å². The SMILES string of the molecule is COC(=O)c1ccc(C)c(NC(=O)[C@@H](N)C(C)C)c1. The third kappa shape index (κ3) is 3.79. The summed E-state index contributed by atoms with van der Waals surface area (Å²) < 4.78 is 4.65. The van der Waals surface area contributed by atoms with Crippen molar-refractivity contribution in [1.82, 2.24) is 0 Å². The van der Waals surface area contributed by atoms with Crippen molar-refractivity contribution in [3.05, 3.63) is 29.3 Å². The van der Waals surface area contributed by atoms with E-state index in [-0.39, 0.29) is 11.8 Å². The first-order valence-electron chi connectivity index (χ1n) is 6.12. The lowest BCUT2D eigenvalue weighted by atomic mass is 10.0. The van der Waals surface area contributed by atoms with Crippen molar-refractivity contribution in [3.63, 3.8) is 0 Å². The number of amides is 1. The molecule has 0 heterocycles. The molecule has 0 spiro atoms. The zero-order chi connectivity index (χ0) is 14.6.